The molecule has 0 spiro atoms. The minimum atomic E-state index is -0.342. The SMILES string of the molecule is Cc1ccc2cc(/C=N\NC(=O)[C@H]([NH3+])C(C)C)c(Cl)nc2c1. The number of hydrazone groups is 1. The number of benzene rings is 1. The van der Waals surface area contributed by atoms with E-state index >= 15 is 0 Å². The number of nitrogens with one attached hydrogen (secondary N) is 1. The lowest BCUT2D eigenvalue weighted by molar-refractivity contribution is -0.414. The fourth-order valence-corrected chi connectivity index (χ4v) is 2.11. The van der Waals surface area contributed by atoms with E-state index in [-0.39, 0.29) is 17.9 Å². The van der Waals surface area contributed by atoms with Crippen LogP contribution in [-0.2, 0) is 4.79 Å². The Kier molecular flexibility index (Phi) is 5.11. The zero-order valence-corrected chi connectivity index (χ0v) is 13.7. The van der Waals surface area contributed by atoms with Gasteiger partial charge in [0.15, 0.2) is 6.04 Å². The van der Waals surface area contributed by atoms with Gasteiger partial charge >= 0.3 is 0 Å². The van der Waals surface area contributed by atoms with Crippen molar-refractivity contribution in [2.24, 2.45) is 11.0 Å². The fraction of sp³-hybridized carbons (Fsp3) is 0.312. The summed E-state index contributed by atoms with van der Waals surface area (Å²) in [5, 5.41) is 5.27. The molecule has 2 rings (SSSR count). The summed E-state index contributed by atoms with van der Waals surface area (Å²) in [4.78, 5) is 16.1. The van der Waals surface area contributed by atoms with Gasteiger partial charge in [-0.15, -0.1) is 0 Å². The van der Waals surface area contributed by atoms with Gasteiger partial charge < -0.3 is 5.73 Å². The second kappa shape index (κ2) is 6.85. The van der Waals surface area contributed by atoms with Gasteiger partial charge in [0.1, 0.15) is 5.15 Å². The summed E-state index contributed by atoms with van der Waals surface area (Å²) in [7, 11) is 0. The smallest absolute Gasteiger partial charge is 0.298 e. The first kappa shape index (κ1) is 16.4. The third-order valence-electron chi connectivity index (χ3n) is 3.47. The number of aryl methyl sites for hydroxylation is 1. The molecule has 6 heteroatoms. The van der Waals surface area contributed by atoms with Crippen LogP contribution in [-0.4, -0.2) is 23.1 Å². The normalized spacial score (nSPS) is 13.0. The predicted molar refractivity (Wildman–Crippen MR) is 88.7 cm³/mol. The van der Waals surface area contributed by atoms with Crippen LogP contribution in [0.5, 0.6) is 0 Å². The number of hydrogen-bond acceptors (Lipinski definition) is 3. The maximum Gasteiger partial charge on any atom is 0.298 e. The first-order chi connectivity index (χ1) is 10.4. The van der Waals surface area contributed by atoms with Gasteiger partial charge in [-0.05, 0) is 24.6 Å². The molecule has 0 saturated heterocycles. The van der Waals surface area contributed by atoms with Crippen LogP contribution in [0.4, 0.5) is 0 Å². The van der Waals surface area contributed by atoms with Gasteiger partial charge in [-0.1, -0.05) is 37.6 Å². The maximum absolute atomic E-state index is 11.8. The Morgan fingerprint density at radius 1 is 1.41 bits per heavy atom. The number of pyridine rings is 1. The van der Waals surface area contributed by atoms with E-state index in [0.29, 0.717) is 10.7 Å². The van der Waals surface area contributed by atoms with Crippen molar-refractivity contribution in [1.29, 1.82) is 0 Å². The number of amides is 1. The maximum atomic E-state index is 11.8. The van der Waals surface area contributed by atoms with Crippen molar-refractivity contribution >= 4 is 34.6 Å². The molecule has 116 valence electrons. The largest absolute Gasteiger partial charge is 0.347 e. The lowest BCUT2D eigenvalue weighted by atomic mass is 10.1. The van der Waals surface area contributed by atoms with E-state index < -0.39 is 0 Å². The second-order valence-corrected chi connectivity index (χ2v) is 6.01. The number of rotatable bonds is 4. The number of halogens is 1. The highest BCUT2D eigenvalue weighted by Gasteiger charge is 2.20. The number of nitrogens with zero attached hydrogens (tertiary/aromatic N) is 2. The standard InChI is InChI=1S/C16H19ClN4O/c1-9(2)14(18)16(22)21-19-8-12-7-11-5-4-10(3)6-13(11)20-15(12)17/h4-9,14H,18H2,1-3H3,(H,21,22)/p+1/b19-8-/t14-/m1/s1. The lowest BCUT2D eigenvalue weighted by Gasteiger charge is -2.09. The van der Waals surface area contributed by atoms with Crippen molar-refractivity contribution in [2.75, 3.05) is 0 Å². The lowest BCUT2D eigenvalue weighted by Crippen LogP contribution is -2.69. The molecule has 0 aliphatic heterocycles. The summed E-state index contributed by atoms with van der Waals surface area (Å²) in [6.45, 7) is 5.88. The van der Waals surface area contributed by atoms with Crippen molar-refractivity contribution in [2.45, 2.75) is 26.8 Å². The van der Waals surface area contributed by atoms with Gasteiger partial charge in [-0.3, -0.25) is 4.79 Å². The summed E-state index contributed by atoms with van der Waals surface area (Å²) in [6, 6.07) is 7.51. The van der Waals surface area contributed by atoms with Crippen molar-refractivity contribution in [3.05, 3.63) is 40.5 Å². The van der Waals surface area contributed by atoms with Gasteiger partial charge in [-0.2, -0.15) is 5.10 Å². The first-order valence-corrected chi connectivity index (χ1v) is 7.49. The van der Waals surface area contributed by atoms with E-state index in [0.717, 1.165) is 16.5 Å². The van der Waals surface area contributed by atoms with Crippen molar-refractivity contribution < 1.29 is 10.5 Å². The van der Waals surface area contributed by atoms with E-state index in [1.807, 2.05) is 45.0 Å². The number of fused-ring (bicyclic) bond motifs is 1. The van der Waals surface area contributed by atoms with Crippen LogP contribution in [0.15, 0.2) is 29.4 Å². The van der Waals surface area contributed by atoms with Crippen LogP contribution in [0.25, 0.3) is 10.9 Å². The fourth-order valence-electron chi connectivity index (χ4n) is 1.91. The molecule has 0 bridgehead atoms. The van der Waals surface area contributed by atoms with E-state index in [4.69, 9.17) is 11.6 Å². The monoisotopic (exact) mass is 319 g/mol. The van der Waals surface area contributed by atoms with E-state index in [1.54, 1.807) is 0 Å². The summed E-state index contributed by atoms with van der Waals surface area (Å²) in [5.41, 5.74) is 8.90. The molecule has 22 heavy (non-hydrogen) atoms. The molecule has 1 heterocycles. The highest BCUT2D eigenvalue weighted by atomic mass is 35.5. The molecule has 0 aliphatic rings. The summed E-state index contributed by atoms with van der Waals surface area (Å²) >= 11 is 6.16. The number of quaternary nitrogens is 1. The number of carbonyl (C=O) groups excluding carboxylic acids is 1. The highest BCUT2D eigenvalue weighted by molar-refractivity contribution is 6.32. The minimum Gasteiger partial charge on any atom is -0.347 e. The zero-order chi connectivity index (χ0) is 16.3. The van der Waals surface area contributed by atoms with Crippen LogP contribution in [0.2, 0.25) is 5.15 Å². The van der Waals surface area contributed by atoms with Crippen molar-refractivity contribution in [3.8, 4) is 0 Å². The van der Waals surface area contributed by atoms with Gasteiger partial charge in [-0.25, -0.2) is 10.4 Å². The van der Waals surface area contributed by atoms with Gasteiger partial charge in [0.2, 0.25) is 0 Å². The van der Waals surface area contributed by atoms with Crippen molar-refractivity contribution in [3.63, 3.8) is 0 Å². The summed E-state index contributed by atoms with van der Waals surface area (Å²) in [6.07, 6.45) is 1.50. The van der Waals surface area contributed by atoms with E-state index in [2.05, 4.69) is 21.2 Å². The van der Waals surface area contributed by atoms with E-state index in [1.165, 1.54) is 6.21 Å². The van der Waals surface area contributed by atoms with Crippen LogP contribution in [0.3, 0.4) is 0 Å². The Balaban J connectivity index is 2.17. The van der Waals surface area contributed by atoms with Gasteiger partial charge in [0, 0.05) is 16.9 Å². The zero-order valence-electron chi connectivity index (χ0n) is 12.9. The van der Waals surface area contributed by atoms with E-state index in [9.17, 15) is 4.79 Å². The Hall–Kier alpha value is -1.98. The topological polar surface area (TPSA) is 82.0 Å². The average molecular weight is 320 g/mol. The molecule has 1 atom stereocenters. The molecular weight excluding hydrogens is 300 g/mol. The molecule has 2 aromatic rings. The molecule has 0 saturated carbocycles. The number of aromatic nitrogens is 1. The molecule has 4 N–H and O–H groups in total. The Bertz CT molecular complexity index is 727. The van der Waals surface area contributed by atoms with Gasteiger partial charge in [0.25, 0.3) is 5.91 Å². The van der Waals surface area contributed by atoms with Crippen LogP contribution in [0, 0.1) is 12.8 Å². The van der Waals surface area contributed by atoms with Gasteiger partial charge in [0.05, 0.1) is 11.7 Å². The molecule has 0 fully saturated rings. The molecule has 1 amide bonds. The third kappa shape index (κ3) is 3.81. The molecule has 0 radical (unpaired) electrons. The summed E-state index contributed by atoms with van der Waals surface area (Å²) in [5.74, 6) is -0.0592. The molecule has 1 aromatic carbocycles. The number of carbonyl (C=O) groups is 1. The third-order valence-corrected chi connectivity index (χ3v) is 3.78. The minimum absolute atomic E-state index is 0.157. The predicted octanol–water partition coefficient (Wildman–Crippen LogP) is 1.91. The molecule has 0 aliphatic carbocycles. The van der Waals surface area contributed by atoms with Crippen LogP contribution < -0.4 is 11.2 Å². The molecule has 1 aromatic heterocycles. The summed E-state index contributed by atoms with van der Waals surface area (Å²) < 4.78 is 0. The first-order valence-electron chi connectivity index (χ1n) is 7.11. The quantitative estimate of drug-likeness (QED) is 0.513. The highest BCUT2D eigenvalue weighted by Crippen LogP contribution is 2.20. The van der Waals surface area contributed by atoms with Crippen LogP contribution >= 0.6 is 11.6 Å². The molecular formula is C16H20ClN4O+. The second-order valence-electron chi connectivity index (χ2n) is 5.65. The Morgan fingerprint density at radius 2 is 2.14 bits per heavy atom. The number of hydrogen-bond donors (Lipinski definition) is 2. The van der Waals surface area contributed by atoms with Crippen molar-refractivity contribution in [1.82, 2.24) is 10.4 Å². The Labute approximate surface area is 134 Å². The Morgan fingerprint density at radius 3 is 2.82 bits per heavy atom. The van der Waals surface area contributed by atoms with Crippen LogP contribution in [0.1, 0.15) is 25.0 Å². The molecule has 5 nitrogen and oxygen atoms in total. The average Bonchev–Trinajstić information content (AvgIpc) is 2.46. The molecule has 0 unspecified atom stereocenters.